The van der Waals surface area contributed by atoms with E-state index in [1.165, 1.54) is 0 Å². The molecule has 0 saturated carbocycles. The van der Waals surface area contributed by atoms with Gasteiger partial charge in [0.1, 0.15) is 0 Å². The molecular formula is C20H22N4O4S2. The highest BCUT2D eigenvalue weighted by molar-refractivity contribution is 7.91. The second-order valence-electron chi connectivity index (χ2n) is 7.72. The number of nitrogens with zero attached hydrogens (tertiary/aromatic N) is 4. The molecule has 5 rings (SSSR count). The van der Waals surface area contributed by atoms with Crippen molar-refractivity contribution in [1.82, 2.24) is 19.7 Å². The minimum Gasteiger partial charge on any atom is -0.378 e. The Morgan fingerprint density at radius 1 is 1.30 bits per heavy atom. The quantitative estimate of drug-likeness (QED) is 0.613. The maximum atomic E-state index is 13.4. The lowest BCUT2D eigenvalue weighted by molar-refractivity contribution is 0.0304. The maximum absolute atomic E-state index is 13.4. The Morgan fingerprint density at radius 3 is 2.77 bits per heavy atom. The van der Waals surface area contributed by atoms with Gasteiger partial charge in [-0.1, -0.05) is 6.07 Å². The van der Waals surface area contributed by atoms with Gasteiger partial charge >= 0.3 is 0 Å². The van der Waals surface area contributed by atoms with Crippen molar-refractivity contribution in [3.63, 3.8) is 0 Å². The molecule has 3 aromatic rings. The van der Waals surface area contributed by atoms with E-state index in [1.807, 2.05) is 30.5 Å². The topological polar surface area (TPSA) is 94.4 Å². The molecule has 0 radical (unpaired) electrons. The predicted octanol–water partition coefficient (Wildman–Crippen LogP) is 2.30. The Balaban J connectivity index is 1.69. The number of carbonyl (C=O) groups is 1. The van der Waals surface area contributed by atoms with Gasteiger partial charge in [-0.05, 0) is 30.9 Å². The Labute approximate surface area is 178 Å². The number of amides is 1. The summed E-state index contributed by atoms with van der Waals surface area (Å²) < 4.78 is 31.2. The third-order valence-electron chi connectivity index (χ3n) is 5.69. The zero-order valence-electron chi connectivity index (χ0n) is 16.6. The summed E-state index contributed by atoms with van der Waals surface area (Å²) in [5.74, 6) is 0.147. The van der Waals surface area contributed by atoms with Crippen LogP contribution in [0.1, 0.15) is 28.5 Å². The fraction of sp³-hybridized carbons (Fsp3) is 0.450. The SMILES string of the molecule is Cc1nn([C@@H]2CCS(=O)(=O)C2)c2nc(-c3cccs3)cc(C(=O)N3CCOCC3)c12. The number of hydrogen-bond acceptors (Lipinski definition) is 7. The molecule has 0 aliphatic carbocycles. The number of ether oxygens (including phenoxy) is 1. The zero-order valence-corrected chi connectivity index (χ0v) is 18.2. The van der Waals surface area contributed by atoms with Crippen LogP contribution in [-0.4, -0.2) is 71.8 Å². The molecule has 3 aromatic heterocycles. The second kappa shape index (κ2) is 7.44. The number of pyridine rings is 1. The molecule has 1 amide bonds. The molecule has 0 spiro atoms. The zero-order chi connectivity index (χ0) is 20.9. The standard InChI is InChI=1S/C20H22N4O4S2/c1-13-18-15(20(25)23-5-7-28-8-6-23)11-16(17-3-2-9-29-17)21-19(18)24(22-13)14-4-10-30(26,27)12-14/h2-3,9,11,14H,4-8,10,12H2,1H3/t14-/m1/s1. The minimum atomic E-state index is -3.08. The van der Waals surface area contributed by atoms with Crippen molar-refractivity contribution in [2.45, 2.75) is 19.4 Å². The van der Waals surface area contributed by atoms with E-state index in [9.17, 15) is 13.2 Å². The summed E-state index contributed by atoms with van der Waals surface area (Å²) in [6.07, 6.45) is 0.510. The van der Waals surface area contributed by atoms with E-state index >= 15 is 0 Å². The number of aromatic nitrogens is 3. The summed E-state index contributed by atoms with van der Waals surface area (Å²) in [5, 5.41) is 7.32. The number of hydrogen-bond donors (Lipinski definition) is 0. The number of sulfone groups is 1. The van der Waals surface area contributed by atoms with Crippen LogP contribution < -0.4 is 0 Å². The summed E-state index contributed by atoms with van der Waals surface area (Å²) >= 11 is 1.55. The molecule has 2 aliphatic rings. The second-order valence-corrected chi connectivity index (χ2v) is 10.9. The van der Waals surface area contributed by atoms with Crippen LogP contribution in [0.25, 0.3) is 21.6 Å². The van der Waals surface area contributed by atoms with E-state index in [2.05, 4.69) is 5.10 Å². The molecule has 8 nitrogen and oxygen atoms in total. The van der Waals surface area contributed by atoms with Crippen LogP contribution in [-0.2, 0) is 14.6 Å². The van der Waals surface area contributed by atoms with Crippen molar-refractivity contribution in [3.05, 3.63) is 34.8 Å². The molecule has 0 bridgehead atoms. The van der Waals surface area contributed by atoms with Gasteiger partial charge < -0.3 is 9.64 Å². The normalized spacial score (nSPS) is 21.4. The lowest BCUT2D eigenvalue weighted by Crippen LogP contribution is -2.40. The average molecular weight is 447 g/mol. The lowest BCUT2D eigenvalue weighted by atomic mass is 10.1. The Hall–Kier alpha value is -2.30. The molecule has 158 valence electrons. The maximum Gasteiger partial charge on any atom is 0.254 e. The molecule has 0 unspecified atom stereocenters. The van der Waals surface area contributed by atoms with Crippen LogP contribution in [0.3, 0.4) is 0 Å². The fourth-order valence-corrected chi connectivity index (χ4v) is 6.57. The molecule has 1 atom stereocenters. The van der Waals surface area contributed by atoms with Crippen molar-refractivity contribution in [1.29, 1.82) is 0 Å². The van der Waals surface area contributed by atoms with Crippen LogP contribution in [0.2, 0.25) is 0 Å². The molecular weight excluding hydrogens is 424 g/mol. The van der Waals surface area contributed by atoms with Crippen molar-refractivity contribution >= 4 is 38.1 Å². The molecule has 2 saturated heterocycles. The van der Waals surface area contributed by atoms with E-state index in [4.69, 9.17) is 9.72 Å². The van der Waals surface area contributed by atoms with Gasteiger partial charge in [-0.25, -0.2) is 18.1 Å². The summed E-state index contributed by atoms with van der Waals surface area (Å²) in [7, 11) is -3.08. The van der Waals surface area contributed by atoms with Gasteiger partial charge in [0.2, 0.25) is 0 Å². The third-order valence-corrected chi connectivity index (χ3v) is 8.34. The number of aryl methyl sites for hydroxylation is 1. The van der Waals surface area contributed by atoms with Crippen LogP contribution in [0, 0.1) is 6.92 Å². The van der Waals surface area contributed by atoms with Crippen LogP contribution in [0.5, 0.6) is 0 Å². The van der Waals surface area contributed by atoms with Gasteiger partial charge in [-0.2, -0.15) is 5.10 Å². The molecule has 2 aliphatic heterocycles. The molecule has 10 heteroatoms. The predicted molar refractivity (Wildman–Crippen MR) is 115 cm³/mol. The van der Waals surface area contributed by atoms with Crippen LogP contribution in [0.4, 0.5) is 0 Å². The van der Waals surface area contributed by atoms with Gasteiger partial charge in [-0.15, -0.1) is 11.3 Å². The number of carbonyl (C=O) groups excluding carboxylic acids is 1. The van der Waals surface area contributed by atoms with Crippen molar-refractivity contribution < 1.29 is 17.9 Å². The Morgan fingerprint density at radius 2 is 2.10 bits per heavy atom. The highest BCUT2D eigenvalue weighted by atomic mass is 32.2. The molecule has 0 aromatic carbocycles. The summed E-state index contributed by atoms with van der Waals surface area (Å²) in [6, 6.07) is 5.50. The van der Waals surface area contributed by atoms with Gasteiger partial charge in [0.15, 0.2) is 15.5 Å². The number of thiophene rings is 1. The van der Waals surface area contributed by atoms with E-state index in [-0.39, 0.29) is 23.5 Å². The van der Waals surface area contributed by atoms with E-state index in [0.29, 0.717) is 60.7 Å². The fourth-order valence-electron chi connectivity index (χ4n) is 4.19. The Kier molecular flexibility index (Phi) is 4.87. The van der Waals surface area contributed by atoms with Crippen LogP contribution >= 0.6 is 11.3 Å². The first kappa shape index (κ1) is 19.7. The van der Waals surface area contributed by atoms with Crippen molar-refractivity contribution in [2.75, 3.05) is 37.8 Å². The van der Waals surface area contributed by atoms with Gasteiger partial charge in [0.05, 0.1) is 58.0 Å². The minimum absolute atomic E-state index is 0.0564. The summed E-state index contributed by atoms with van der Waals surface area (Å²) in [6.45, 7) is 3.99. The molecule has 0 N–H and O–H groups in total. The van der Waals surface area contributed by atoms with E-state index in [1.54, 1.807) is 20.9 Å². The van der Waals surface area contributed by atoms with E-state index in [0.717, 1.165) is 4.88 Å². The smallest absolute Gasteiger partial charge is 0.254 e. The number of morpholine rings is 1. The van der Waals surface area contributed by atoms with Crippen molar-refractivity contribution in [3.8, 4) is 10.6 Å². The highest BCUT2D eigenvalue weighted by Crippen LogP contribution is 2.33. The number of rotatable bonds is 3. The van der Waals surface area contributed by atoms with Gasteiger partial charge in [-0.3, -0.25) is 4.79 Å². The summed E-state index contributed by atoms with van der Waals surface area (Å²) in [5.41, 5.74) is 2.54. The molecule has 5 heterocycles. The van der Waals surface area contributed by atoms with Crippen LogP contribution in [0.15, 0.2) is 23.6 Å². The van der Waals surface area contributed by atoms with Gasteiger partial charge in [0, 0.05) is 13.1 Å². The van der Waals surface area contributed by atoms with E-state index < -0.39 is 9.84 Å². The lowest BCUT2D eigenvalue weighted by Gasteiger charge is -2.27. The number of fused-ring (bicyclic) bond motifs is 1. The monoisotopic (exact) mass is 446 g/mol. The first-order chi connectivity index (χ1) is 14.4. The third kappa shape index (κ3) is 3.42. The summed E-state index contributed by atoms with van der Waals surface area (Å²) in [4.78, 5) is 21.0. The first-order valence-corrected chi connectivity index (χ1v) is 12.6. The van der Waals surface area contributed by atoms with Crippen molar-refractivity contribution in [2.24, 2.45) is 0 Å². The first-order valence-electron chi connectivity index (χ1n) is 9.94. The average Bonchev–Trinajstić information content (AvgIpc) is 3.47. The molecule has 2 fully saturated rings. The Bertz CT molecular complexity index is 1210. The largest absolute Gasteiger partial charge is 0.378 e. The van der Waals surface area contributed by atoms with Gasteiger partial charge in [0.25, 0.3) is 5.91 Å². The highest BCUT2D eigenvalue weighted by Gasteiger charge is 2.33. The molecule has 30 heavy (non-hydrogen) atoms.